The van der Waals surface area contributed by atoms with Gasteiger partial charge in [0.2, 0.25) is 0 Å². The van der Waals surface area contributed by atoms with Crippen molar-refractivity contribution in [3.05, 3.63) is 36.0 Å². The van der Waals surface area contributed by atoms with Crippen LogP contribution in [-0.4, -0.2) is 27.8 Å². The fourth-order valence-corrected chi connectivity index (χ4v) is 2.03. The number of fused-ring (bicyclic) bond motifs is 1. The molecule has 1 aromatic carbocycles. The van der Waals surface area contributed by atoms with Crippen LogP contribution in [0, 0.1) is 0 Å². The molecule has 6 nitrogen and oxygen atoms in total. The number of aromatic amines is 1. The summed E-state index contributed by atoms with van der Waals surface area (Å²) in [7, 11) is 0. The summed E-state index contributed by atoms with van der Waals surface area (Å²) in [6, 6.07) is 7.20. The van der Waals surface area contributed by atoms with Crippen LogP contribution in [0.2, 0.25) is 0 Å². The summed E-state index contributed by atoms with van der Waals surface area (Å²) in [5.41, 5.74) is 1.08. The molecule has 1 fully saturated rings. The summed E-state index contributed by atoms with van der Waals surface area (Å²) in [6.45, 7) is 0. The second-order valence-corrected chi connectivity index (χ2v) is 4.21. The molecule has 0 aliphatic carbocycles. The van der Waals surface area contributed by atoms with Crippen molar-refractivity contribution in [3.63, 3.8) is 0 Å². The molecule has 0 bridgehead atoms. The lowest BCUT2D eigenvalue weighted by Gasteiger charge is -2.11. The van der Waals surface area contributed by atoms with E-state index in [1.54, 1.807) is 12.1 Å². The lowest BCUT2D eigenvalue weighted by atomic mass is 10.2. The Morgan fingerprint density at radius 2 is 1.84 bits per heavy atom. The van der Waals surface area contributed by atoms with E-state index in [0.29, 0.717) is 16.0 Å². The molecule has 0 atom stereocenters. The van der Waals surface area contributed by atoms with E-state index >= 15 is 0 Å². The number of carbonyl (C=O) groups excluding carboxylic acids is 3. The Labute approximate surface area is 107 Å². The van der Waals surface area contributed by atoms with Crippen LogP contribution in [0.5, 0.6) is 0 Å². The minimum absolute atomic E-state index is 0.0833. The first-order valence-electron chi connectivity index (χ1n) is 5.81. The molecule has 0 radical (unpaired) electrons. The molecule has 1 N–H and O–H groups in total. The molecular formula is C13H10N2O4. The van der Waals surface area contributed by atoms with Gasteiger partial charge in [0, 0.05) is 29.9 Å². The molecule has 19 heavy (non-hydrogen) atoms. The van der Waals surface area contributed by atoms with Crippen LogP contribution in [-0.2, 0) is 14.4 Å². The van der Waals surface area contributed by atoms with Crippen LogP contribution in [0.1, 0.15) is 23.2 Å². The van der Waals surface area contributed by atoms with Gasteiger partial charge in [-0.3, -0.25) is 9.59 Å². The lowest BCUT2D eigenvalue weighted by molar-refractivity contribution is -0.172. The standard InChI is InChI=1S/C13H10N2O4/c16-11-5-6-12(17)15(11)19-13(18)9-7-14-10-4-2-1-3-8(9)10/h1-4,7,14H,5-6H2. The molecule has 1 aromatic heterocycles. The van der Waals surface area contributed by atoms with Crippen molar-refractivity contribution in [1.29, 1.82) is 0 Å². The molecule has 2 heterocycles. The third-order valence-corrected chi connectivity index (χ3v) is 2.99. The smallest absolute Gasteiger partial charge is 0.360 e. The van der Waals surface area contributed by atoms with E-state index in [1.165, 1.54) is 6.20 Å². The highest BCUT2D eigenvalue weighted by molar-refractivity contribution is 6.06. The number of imide groups is 1. The molecule has 1 aliphatic rings. The van der Waals surface area contributed by atoms with Gasteiger partial charge in [0.1, 0.15) is 0 Å². The van der Waals surface area contributed by atoms with E-state index < -0.39 is 17.8 Å². The number of benzene rings is 1. The van der Waals surface area contributed by atoms with Gasteiger partial charge in [-0.05, 0) is 6.07 Å². The average Bonchev–Trinajstić information content (AvgIpc) is 2.97. The first-order chi connectivity index (χ1) is 9.16. The first-order valence-corrected chi connectivity index (χ1v) is 5.81. The predicted octanol–water partition coefficient (Wildman–Crippen LogP) is 1.39. The predicted molar refractivity (Wildman–Crippen MR) is 64.8 cm³/mol. The number of nitrogens with zero attached hydrogens (tertiary/aromatic N) is 1. The highest BCUT2D eigenvalue weighted by atomic mass is 16.7. The minimum atomic E-state index is -0.721. The number of rotatable bonds is 2. The van der Waals surface area contributed by atoms with Gasteiger partial charge >= 0.3 is 5.97 Å². The second kappa shape index (κ2) is 4.24. The van der Waals surface area contributed by atoms with E-state index in [4.69, 9.17) is 4.84 Å². The van der Waals surface area contributed by atoms with E-state index in [1.807, 2.05) is 12.1 Å². The number of hydrogen-bond donors (Lipinski definition) is 1. The zero-order valence-electron chi connectivity index (χ0n) is 9.88. The van der Waals surface area contributed by atoms with E-state index in [0.717, 1.165) is 5.52 Å². The van der Waals surface area contributed by atoms with Crippen molar-refractivity contribution in [2.75, 3.05) is 0 Å². The van der Waals surface area contributed by atoms with Crippen LogP contribution in [0.25, 0.3) is 10.9 Å². The van der Waals surface area contributed by atoms with Crippen LogP contribution >= 0.6 is 0 Å². The van der Waals surface area contributed by atoms with Gasteiger partial charge in [-0.2, -0.15) is 0 Å². The zero-order chi connectivity index (χ0) is 13.4. The summed E-state index contributed by atoms with van der Waals surface area (Å²) < 4.78 is 0. The summed E-state index contributed by atoms with van der Waals surface area (Å²) in [5, 5.41) is 1.23. The number of para-hydroxylation sites is 1. The molecule has 3 rings (SSSR count). The van der Waals surface area contributed by atoms with E-state index in [9.17, 15) is 14.4 Å². The molecule has 0 spiro atoms. The number of amides is 2. The number of aromatic nitrogens is 1. The molecule has 1 saturated heterocycles. The van der Waals surface area contributed by atoms with Crippen molar-refractivity contribution in [1.82, 2.24) is 10.0 Å². The Bertz CT molecular complexity index is 673. The topological polar surface area (TPSA) is 79.5 Å². The van der Waals surface area contributed by atoms with Crippen LogP contribution in [0.4, 0.5) is 0 Å². The number of carbonyl (C=O) groups is 3. The summed E-state index contributed by atoms with van der Waals surface area (Å²) >= 11 is 0. The second-order valence-electron chi connectivity index (χ2n) is 4.21. The normalized spacial score (nSPS) is 15.3. The summed E-state index contributed by atoms with van der Waals surface area (Å²) in [5.74, 6) is -1.70. The van der Waals surface area contributed by atoms with Gasteiger partial charge < -0.3 is 9.82 Å². The fraction of sp³-hybridized carbons (Fsp3) is 0.154. The van der Waals surface area contributed by atoms with Gasteiger partial charge in [0.25, 0.3) is 11.8 Å². The minimum Gasteiger partial charge on any atom is -0.360 e. The molecule has 2 aromatic rings. The number of hydrogen-bond acceptors (Lipinski definition) is 4. The van der Waals surface area contributed by atoms with Crippen LogP contribution in [0.3, 0.4) is 0 Å². The summed E-state index contributed by atoms with van der Waals surface area (Å²) in [6.07, 6.45) is 1.66. The van der Waals surface area contributed by atoms with E-state index in [2.05, 4.69) is 4.98 Å². The van der Waals surface area contributed by atoms with Gasteiger partial charge in [0.15, 0.2) is 0 Å². The van der Waals surface area contributed by atoms with Crippen molar-refractivity contribution in [3.8, 4) is 0 Å². The number of nitrogens with one attached hydrogen (secondary N) is 1. The van der Waals surface area contributed by atoms with Crippen molar-refractivity contribution in [2.24, 2.45) is 0 Å². The fourth-order valence-electron chi connectivity index (χ4n) is 2.03. The van der Waals surface area contributed by atoms with Crippen molar-refractivity contribution >= 4 is 28.7 Å². The Morgan fingerprint density at radius 1 is 1.16 bits per heavy atom. The first kappa shape index (κ1) is 11.5. The van der Waals surface area contributed by atoms with Crippen LogP contribution in [0.15, 0.2) is 30.5 Å². The zero-order valence-corrected chi connectivity index (χ0v) is 9.88. The number of H-pyrrole nitrogens is 1. The molecule has 2 amide bonds. The Balaban J connectivity index is 1.88. The van der Waals surface area contributed by atoms with Gasteiger partial charge in [-0.15, -0.1) is 5.06 Å². The Kier molecular flexibility index (Phi) is 2.56. The van der Waals surface area contributed by atoms with Gasteiger partial charge in [-0.1, -0.05) is 18.2 Å². The highest BCUT2D eigenvalue weighted by Crippen LogP contribution is 2.20. The van der Waals surface area contributed by atoms with Crippen molar-refractivity contribution < 1.29 is 19.2 Å². The molecule has 96 valence electrons. The van der Waals surface area contributed by atoms with E-state index in [-0.39, 0.29) is 12.8 Å². The number of hydroxylamine groups is 2. The molecule has 1 aliphatic heterocycles. The van der Waals surface area contributed by atoms with Gasteiger partial charge in [0.05, 0.1) is 5.56 Å². The largest absolute Gasteiger partial charge is 0.366 e. The monoisotopic (exact) mass is 258 g/mol. The molecule has 0 unspecified atom stereocenters. The average molecular weight is 258 g/mol. The summed E-state index contributed by atoms with van der Waals surface area (Å²) in [4.78, 5) is 42.5. The van der Waals surface area contributed by atoms with Crippen LogP contribution < -0.4 is 0 Å². The quantitative estimate of drug-likeness (QED) is 0.825. The SMILES string of the molecule is O=C(ON1C(=O)CCC1=O)c1c[nH]c2ccccc12. The maximum Gasteiger partial charge on any atom is 0.366 e. The maximum atomic E-state index is 12.0. The van der Waals surface area contributed by atoms with Gasteiger partial charge in [-0.25, -0.2) is 4.79 Å². The molecule has 0 saturated carbocycles. The lowest BCUT2D eigenvalue weighted by Crippen LogP contribution is -2.32. The molecule has 6 heteroatoms. The maximum absolute atomic E-state index is 12.0. The molecular weight excluding hydrogens is 248 g/mol. The Hall–Kier alpha value is -2.63. The third-order valence-electron chi connectivity index (χ3n) is 2.99. The highest BCUT2D eigenvalue weighted by Gasteiger charge is 2.33. The third kappa shape index (κ3) is 1.87. The Morgan fingerprint density at radius 3 is 2.58 bits per heavy atom. The van der Waals surface area contributed by atoms with Crippen molar-refractivity contribution in [2.45, 2.75) is 12.8 Å².